The second-order valence-electron chi connectivity index (χ2n) is 5.13. The van der Waals surface area contributed by atoms with Gasteiger partial charge in [0.05, 0.1) is 21.4 Å². The molecule has 24 heavy (non-hydrogen) atoms. The first-order valence-electron chi connectivity index (χ1n) is 6.66. The molecule has 11 heteroatoms. The fraction of sp³-hybridized carbons (Fsp3) is 0.462. The van der Waals surface area contributed by atoms with E-state index in [0.717, 1.165) is 18.2 Å². The van der Waals surface area contributed by atoms with E-state index < -0.39 is 27.5 Å². The Kier molecular flexibility index (Phi) is 6.26. The molecule has 0 aliphatic rings. The minimum atomic E-state index is -5.19. The van der Waals surface area contributed by atoms with Crippen molar-refractivity contribution in [2.45, 2.75) is 30.0 Å². The number of nitrogens with one attached hydrogen (secondary N) is 1. The Morgan fingerprint density at radius 3 is 2.42 bits per heavy atom. The highest BCUT2D eigenvalue weighted by molar-refractivity contribution is 7.91. The van der Waals surface area contributed by atoms with Crippen LogP contribution in [0.3, 0.4) is 0 Å². The van der Waals surface area contributed by atoms with E-state index in [0.29, 0.717) is 6.92 Å². The van der Waals surface area contributed by atoms with E-state index in [1.54, 1.807) is 0 Å². The van der Waals surface area contributed by atoms with Crippen molar-refractivity contribution in [2.24, 2.45) is 5.73 Å². The fourth-order valence-electron chi connectivity index (χ4n) is 1.55. The average molecular weight is 389 g/mol. The monoisotopic (exact) mass is 388 g/mol. The van der Waals surface area contributed by atoms with E-state index in [4.69, 9.17) is 17.3 Å². The normalized spacial score (nSPS) is 15.0. The maximum absolute atomic E-state index is 12.6. The minimum Gasteiger partial charge on any atom is -0.373 e. The minimum absolute atomic E-state index is 0.151. The number of halogens is 4. The van der Waals surface area contributed by atoms with Gasteiger partial charge in [0.2, 0.25) is 5.60 Å². The van der Waals surface area contributed by atoms with Crippen LogP contribution in [0.4, 0.5) is 18.9 Å². The van der Waals surface area contributed by atoms with Gasteiger partial charge in [0.1, 0.15) is 0 Å². The second-order valence-corrected chi connectivity index (χ2v) is 7.64. The van der Waals surface area contributed by atoms with Crippen molar-refractivity contribution < 1.29 is 31.5 Å². The number of aliphatic hydroxyl groups is 1. The SMILES string of the molecule is CC(O)(C(=O)Nc1ccc(S(=O)(=O)CCCN)cc1Cl)C(F)(F)F. The summed E-state index contributed by atoms with van der Waals surface area (Å²) in [6, 6.07) is 3.14. The van der Waals surface area contributed by atoms with E-state index in [9.17, 15) is 31.5 Å². The largest absolute Gasteiger partial charge is 0.426 e. The lowest BCUT2D eigenvalue weighted by atomic mass is 10.1. The van der Waals surface area contributed by atoms with E-state index in [2.05, 4.69) is 0 Å². The van der Waals surface area contributed by atoms with Gasteiger partial charge < -0.3 is 16.2 Å². The number of benzene rings is 1. The first-order valence-corrected chi connectivity index (χ1v) is 8.69. The molecular formula is C13H16ClF3N2O4S. The molecular weight excluding hydrogens is 373 g/mol. The number of anilines is 1. The Morgan fingerprint density at radius 1 is 1.38 bits per heavy atom. The molecule has 0 spiro atoms. The molecule has 1 aromatic carbocycles. The highest BCUT2D eigenvalue weighted by Crippen LogP contribution is 2.32. The maximum atomic E-state index is 12.6. The molecule has 1 rings (SSSR count). The van der Waals surface area contributed by atoms with Crippen molar-refractivity contribution in [2.75, 3.05) is 17.6 Å². The number of alkyl halides is 3. The molecule has 136 valence electrons. The molecule has 0 fully saturated rings. The Bertz CT molecular complexity index is 720. The van der Waals surface area contributed by atoms with Gasteiger partial charge in [-0.05, 0) is 38.1 Å². The van der Waals surface area contributed by atoms with Crippen molar-refractivity contribution in [3.05, 3.63) is 23.2 Å². The van der Waals surface area contributed by atoms with Crippen LogP contribution in [0.5, 0.6) is 0 Å². The van der Waals surface area contributed by atoms with E-state index >= 15 is 0 Å². The lowest BCUT2D eigenvalue weighted by Gasteiger charge is -2.25. The van der Waals surface area contributed by atoms with E-state index in [1.807, 2.05) is 5.32 Å². The lowest BCUT2D eigenvalue weighted by molar-refractivity contribution is -0.242. The summed E-state index contributed by atoms with van der Waals surface area (Å²) in [5.41, 5.74) is 1.36. The molecule has 1 atom stereocenters. The molecule has 0 saturated heterocycles. The van der Waals surface area contributed by atoms with Crippen molar-refractivity contribution in [3.8, 4) is 0 Å². The van der Waals surface area contributed by atoms with Crippen molar-refractivity contribution in [1.29, 1.82) is 0 Å². The highest BCUT2D eigenvalue weighted by Gasteiger charge is 2.55. The third-order valence-corrected chi connectivity index (χ3v) is 5.27. The summed E-state index contributed by atoms with van der Waals surface area (Å²) >= 11 is 5.81. The summed E-state index contributed by atoms with van der Waals surface area (Å²) in [7, 11) is -3.65. The number of carbonyl (C=O) groups is 1. The predicted molar refractivity (Wildman–Crippen MR) is 82.5 cm³/mol. The zero-order valence-electron chi connectivity index (χ0n) is 12.5. The van der Waals surface area contributed by atoms with Gasteiger partial charge in [-0.1, -0.05) is 11.6 Å². The molecule has 0 saturated carbocycles. The molecule has 0 bridgehead atoms. The van der Waals surface area contributed by atoms with Gasteiger partial charge in [-0.25, -0.2) is 8.42 Å². The molecule has 1 amide bonds. The smallest absolute Gasteiger partial charge is 0.373 e. The number of hydrogen-bond donors (Lipinski definition) is 3. The standard InChI is InChI=1S/C13H16ClF3N2O4S/c1-12(21,13(15,16)17)11(20)19-10-4-3-8(7-9(10)14)24(22,23)6-2-5-18/h3-4,7,21H,2,5-6,18H2,1H3,(H,19,20). The summed E-state index contributed by atoms with van der Waals surface area (Å²) < 4.78 is 61.7. The van der Waals surface area contributed by atoms with Crippen LogP contribution >= 0.6 is 11.6 Å². The zero-order valence-corrected chi connectivity index (χ0v) is 14.1. The molecule has 4 N–H and O–H groups in total. The van der Waals surface area contributed by atoms with Crippen LogP contribution in [-0.2, 0) is 14.6 Å². The maximum Gasteiger partial charge on any atom is 0.426 e. The Balaban J connectivity index is 3.04. The van der Waals surface area contributed by atoms with Gasteiger partial charge in [-0.3, -0.25) is 4.79 Å². The van der Waals surface area contributed by atoms with Crippen LogP contribution in [0, 0.1) is 0 Å². The molecule has 1 aromatic rings. The van der Waals surface area contributed by atoms with Crippen molar-refractivity contribution in [3.63, 3.8) is 0 Å². The summed E-state index contributed by atoms with van der Waals surface area (Å²) in [6.07, 6.45) is -4.96. The highest BCUT2D eigenvalue weighted by atomic mass is 35.5. The van der Waals surface area contributed by atoms with Crippen molar-refractivity contribution >= 4 is 33.0 Å². The van der Waals surface area contributed by atoms with Crippen LogP contribution in [0.2, 0.25) is 5.02 Å². The molecule has 1 unspecified atom stereocenters. The lowest BCUT2D eigenvalue weighted by Crippen LogP contribution is -2.52. The van der Waals surface area contributed by atoms with Gasteiger partial charge in [0, 0.05) is 0 Å². The van der Waals surface area contributed by atoms with Gasteiger partial charge >= 0.3 is 6.18 Å². The number of sulfone groups is 1. The van der Waals surface area contributed by atoms with Gasteiger partial charge in [0.15, 0.2) is 9.84 Å². The van der Waals surface area contributed by atoms with Crippen LogP contribution in [-0.4, -0.2) is 43.5 Å². The molecule has 0 aromatic heterocycles. The Hall–Kier alpha value is -1.36. The number of rotatable bonds is 6. The van der Waals surface area contributed by atoms with Crippen LogP contribution in [0.1, 0.15) is 13.3 Å². The number of hydrogen-bond acceptors (Lipinski definition) is 5. The first kappa shape index (κ1) is 20.7. The van der Waals surface area contributed by atoms with Crippen LogP contribution < -0.4 is 11.1 Å². The quantitative estimate of drug-likeness (QED) is 0.687. The number of amides is 1. The molecule has 0 aliphatic carbocycles. The summed E-state index contributed by atoms with van der Waals surface area (Å²) in [6.45, 7) is 0.468. The molecule has 6 nitrogen and oxygen atoms in total. The first-order chi connectivity index (χ1) is 10.8. The van der Waals surface area contributed by atoms with Gasteiger partial charge in [0.25, 0.3) is 5.91 Å². The third kappa shape index (κ3) is 4.59. The van der Waals surface area contributed by atoms with Crippen LogP contribution in [0.15, 0.2) is 23.1 Å². The van der Waals surface area contributed by atoms with Gasteiger partial charge in [-0.15, -0.1) is 0 Å². The number of carbonyl (C=O) groups excluding carboxylic acids is 1. The second kappa shape index (κ2) is 7.26. The van der Waals surface area contributed by atoms with Crippen LogP contribution in [0.25, 0.3) is 0 Å². The molecule has 0 heterocycles. The average Bonchev–Trinajstić information content (AvgIpc) is 2.45. The van der Waals surface area contributed by atoms with E-state index in [1.165, 1.54) is 0 Å². The third-order valence-electron chi connectivity index (χ3n) is 3.16. The topological polar surface area (TPSA) is 109 Å². The fourth-order valence-corrected chi connectivity index (χ4v) is 3.20. The van der Waals surface area contributed by atoms with Crippen molar-refractivity contribution in [1.82, 2.24) is 0 Å². The summed E-state index contributed by atoms with van der Waals surface area (Å²) in [5.74, 6) is -1.95. The predicted octanol–water partition coefficient (Wildman–Crippen LogP) is 1.71. The zero-order chi connectivity index (χ0) is 18.8. The molecule has 0 aliphatic heterocycles. The van der Waals surface area contributed by atoms with E-state index in [-0.39, 0.29) is 34.3 Å². The number of nitrogens with two attached hydrogens (primary N) is 1. The summed E-state index contributed by atoms with van der Waals surface area (Å²) in [4.78, 5) is 11.4. The molecule has 0 radical (unpaired) electrons. The van der Waals surface area contributed by atoms with Gasteiger partial charge in [-0.2, -0.15) is 13.2 Å². The Labute approximate surface area is 141 Å². The summed E-state index contributed by atoms with van der Waals surface area (Å²) in [5, 5.41) is 10.8. The Morgan fingerprint density at radius 2 is 1.96 bits per heavy atom.